The highest BCUT2D eigenvalue weighted by atomic mass is 15.0. The van der Waals surface area contributed by atoms with Gasteiger partial charge >= 0.3 is 0 Å². The summed E-state index contributed by atoms with van der Waals surface area (Å²) in [5, 5.41) is 1.34. The lowest BCUT2D eigenvalue weighted by Gasteiger charge is -2.24. The number of hydrogen-bond acceptors (Lipinski definition) is 0. The summed E-state index contributed by atoms with van der Waals surface area (Å²) in [7, 11) is 0. The van der Waals surface area contributed by atoms with E-state index in [1.165, 1.54) is 61.2 Å². The van der Waals surface area contributed by atoms with Crippen LogP contribution in [0.5, 0.6) is 0 Å². The quantitative estimate of drug-likeness (QED) is 0.239. The maximum atomic E-state index is 2.49. The Balaban J connectivity index is 1.44. The van der Waals surface area contributed by atoms with Gasteiger partial charge in [0.25, 0.3) is 0 Å². The standard InChI is InChI=1S/C36H29N/c1-36(2)32-20-12-11-19-30(32)34-31-24-25(21-22-33(31)37(35(34)36)28-16-7-4-8-17-28)23-27-15-9-10-18-29(27)26-13-5-3-6-14-26/h3-22,24H,23H2,1-2H3. The van der Waals surface area contributed by atoms with Crippen LogP contribution in [0.4, 0.5) is 0 Å². The van der Waals surface area contributed by atoms with Crippen molar-refractivity contribution in [3.63, 3.8) is 0 Å². The minimum absolute atomic E-state index is 0.0825. The summed E-state index contributed by atoms with van der Waals surface area (Å²) in [6.07, 6.45) is 0.900. The summed E-state index contributed by atoms with van der Waals surface area (Å²) in [5.74, 6) is 0. The van der Waals surface area contributed by atoms with Crippen molar-refractivity contribution < 1.29 is 0 Å². The molecule has 0 radical (unpaired) electrons. The highest BCUT2D eigenvalue weighted by molar-refractivity contribution is 6.03. The Labute approximate surface area is 218 Å². The molecule has 178 valence electrons. The van der Waals surface area contributed by atoms with Crippen LogP contribution in [0.25, 0.3) is 38.8 Å². The lowest BCUT2D eigenvalue weighted by Crippen LogP contribution is -2.19. The molecule has 0 saturated heterocycles. The predicted octanol–water partition coefficient (Wildman–Crippen LogP) is 9.19. The van der Waals surface area contributed by atoms with Crippen LogP contribution in [0.1, 0.15) is 36.2 Å². The van der Waals surface area contributed by atoms with E-state index in [2.05, 4.69) is 146 Å². The average Bonchev–Trinajstić information content (AvgIpc) is 3.40. The minimum atomic E-state index is -0.0825. The van der Waals surface area contributed by atoms with E-state index >= 15 is 0 Å². The first kappa shape index (κ1) is 21.9. The van der Waals surface area contributed by atoms with Crippen molar-refractivity contribution >= 4 is 10.9 Å². The monoisotopic (exact) mass is 475 g/mol. The van der Waals surface area contributed by atoms with Gasteiger partial charge in [0.15, 0.2) is 0 Å². The van der Waals surface area contributed by atoms with Crippen molar-refractivity contribution in [2.24, 2.45) is 0 Å². The second-order valence-corrected chi connectivity index (χ2v) is 10.6. The third-order valence-electron chi connectivity index (χ3n) is 8.00. The lowest BCUT2D eigenvalue weighted by molar-refractivity contribution is 0.624. The first-order valence-electron chi connectivity index (χ1n) is 13.1. The summed E-state index contributed by atoms with van der Waals surface area (Å²) in [6.45, 7) is 4.74. The van der Waals surface area contributed by atoms with Gasteiger partial charge in [0, 0.05) is 27.7 Å². The molecule has 0 saturated carbocycles. The maximum absolute atomic E-state index is 2.49. The molecule has 5 aromatic carbocycles. The zero-order valence-corrected chi connectivity index (χ0v) is 21.3. The zero-order valence-electron chi connectivity index (χ0n) is 21.3. The largest absolute Gasteiger partial charge is 0.312 e. The smallest absolute Gasteiger partial charge is 0.0538 e. The van der Waals surface area contributed by atoms with E-state index in [9.17, 15) is 0 Å². The van der Waals surface area contributed by atoms with Gasteiger partial charge in [-0.05, 0) is 64.1 Å². The SMILES string of the molecule is CC1(C)c2ccccc2-c2c1n(-c1ccccc1)c1ccc(Cc3ccccc3-c3ccccc3)cc21. The average molecular weight is 476 g/mol. The Morgan fingerprint density at radius 2 is 1.27 bits per heavy atom. The highest BCUT2D eigenvalue weighted by Crippen LogP contribution is 2.53. The van der Waals surface area contributed by atoms with Gasteiger partial charge in [0.2, 0.25) is 0 Å². The Morgan fingerprint density at radius 3 is 2.05 bits per heavy atom. The second-order valence-electron chi connectivity index (χ2n) is 10.6. The fraction of sp³-hybridized carbons (Fsp3) is 0.111. The molecule has 0 fully saturated rings. The van der Waals surface area contributed by atoms with Crippen molar-refractivity contribution in [2.45, 2.75) is 25.7 Å². The van der Waals surface area contributed by atoms with Gasteiger partial charge < -0.3 is 4.57 Å². The molecule has 1 nitrogen and oxygen atoms in total. The summed E-state index contributed by atoms with van der Waals surface area (Å²) >= 11 is 0. The van der Waals surface area contributed by atoms with Crippen LogP contribution >= 0.6 is 0 Å². The number of benzene rings is 5. The van der Waals surface area contributed by atoms with Crippen LogP contribution in [-0.2, 0) is 11.8 Å². The Morgan fingerprint density at radius 1 is 0.622 bits per heavy atom. The molecule has 0 bridgehead atoms. The first-order chi connectivity index (χ1) is 18.1. The van der Waals surface area contributed by atoms with Crippen molar-refractivity contribution in [3.8, 4) is 27.9 Å². The molecule has 0 N–H and O–H groups in total. The molecular formula is C36H29N. The van der Waals surface area contributed by atoms with Crippen molar-refractivity contribution in [1.29, 1.82) is 0 Å². The predicted molar refractivity (Wildman–Crippen MR) is 156 cm³/mol. The second kappa shape index (κ2) is 8.35. The molecular weight excluding hydrogens is 446 g/mol. The molecule has 7 rings (SSSR count). The Kier molecular flexibility index (Phi) is 4.94. The molecule has 0 aliphatic heterocycles. The fourth-order valence-corrected chi connectivity index (χ4v) is 6.33. The van der Waals surface area contributed by atoms with Gasteiger partial charge in [0.1, 0.15) is 0 Å². The number of fused-ring (bicyclic) bond motifs is 5. The molecule has 1 heterocycles. The van der Waals surface area contributed by atoms with Crippen molar-refractivity contribution in [2.75, 3.05) is 0 Å². The van der Waals surface area contributed by atoms with E-state index in [0.29, 0.717) is 0 Å². The number of rotatable bonds is 4. The molecule has 0 atom stereocenters. The van der Waals surface area contributed by atoms with Gasteiger partial charge in [-0.3, -0.25) is 0 Å². The molecule has 6 aromatic rings. The van der Waals surface area contributed by atoms with Gasteiger partial charge in [-0.15, -0.1) is 0 Å². The summed E-state index contributed by atoms with van der Waals surface area (Å²) in [4.78, 5) is 0. The van der Waals surface area contributed by atoms with E-state index in [-0.39, 0.29) is 5.41 Å². The van der Waals surface area contributed by atoms with Crippen molar-refractivity contribution in [3.05, 3.63) is 150 Å². The van der Waals surface area contributed by atoms with Gasteiger partial charge in [0.05, 0.1) is 5.52 Å². The lowest BCUT2D eigenvalue weighted by atomic mass is 9.85. The molecule has 1 heteroatoms. The zero-order chi connectivity index (χ0) is 25.0. The van der Waals surface area contributed by atoms with Crippen molar-refractivity contribution in [1.82, 2.24) is 4.57 Å². The number of nitrogens with zero attached hydrogens (tertiary/aromatic N) is 1. The van der Waals surface area contributed by atoms with Crippen LogP contribution in [0.2, 0.25) is 0 Å². The minimum Gasteiger partial charge on any atom is -0.312 e. The van der Waals surface area contributed by atoms with E-state index in [1.807, 2.05) is 0 Å². The van der Waals surface area contributed by atoms with Gasteiger partial charge in [-0.1, -0.05) is 117 Å². The summed E-state index contributed by atoms with van der Waals surface area (Å²) in [5.41, 5.74) is 13.2. The van der Waals surface area contributed by atoms with Crippen LogP contribution < -0.4 is 0 Å². The molecule has 37 heavy (non-hydrogen) atoms. The summed E-state index contributed by atoms with van der Waals surface area (Å²) < 4.78 is 2.49. The third kappa shape index (κ3) is 3.38. The molecule has 0 unspecified atom stereocenters. The molecule has 0 spiro atoms. The third-order valence-corrected chi connectivity index (χ3v) is 8.00. The summed E-state index contributed by atoms with van der Waals surface area (Å²) in [6, 6.07) is 46.4. The number of para-hydroxylation sites is 1. The number of aromatic nitrogens is 1. The van der Waals surface area contributed by atoms with Crippen LogP contribution in [0.15, 0.2) is 127 Å². The topological polar surface area (TPSA) is 4.93 Å². The van der Waals surface area contributed by atoms with E-state index < -0.39 is 0 Å². The van der Waals surface area contributed by atoms with Crippen LogP contribution in [0.3, 0.4) is 0 Å². The first-order valence-corrected chi connectivity index (χ1v) is 13.1. The maximum Gasteiger partial charge on any atom is 0.0538 e. The van der Waals surface area contributed by atoms with E-state index in [4.69, 9.17) is 0 Å². The normalized spacial score (nSPS) is 13.5. The molecule has 0 amide bonds. The Bertz CT molecular complexity index is 1750. The molecule has 1 aromatic heterocycles. The van der Waals surface area contributed by atoms with Gasteiger partial charge in [-0.2, -0.15) is 0 Å². The number of hydrogen-bond donors (Lipinski definition) is 0. The van der Waals surface area contributed by atoms with Crippen LogP contribution in [0, 0.1) is 0 Å². The Hall–Kier alpha value is -4.36. The van der Waals surface area contributed by atoms with Crippen LogP contribution in [-0.4, -0.2) is 4.57 Å². The fourth-order valence-electron chi connectivity index (χ4n) is 6.33. The highest BCUT2D eigenvalue weighted by Gasteiger charge is 2.40. The molecule has 1 aliphatic rings. The van der Waals surface area contributed by atoms with E-state index in [0.717, 1.165) is 6.42 Å². The molecule has 1 aliphatic carbocycles. The van der Waals surface area contributed by atoms with E-state index in [1.54, 1.807) is 0 Å². The van der Waals surface area contributed by atoms with Gasteiger partial charge in [-0.25, -0.2) is 0 Å².